The van der Waals surface area contributed by atoms with Crippen molar-refractivity contribution >= 4 is 11.9 Å². The summed E-state index contributed by atoms with van der Waals surface area (Å²) in [5.74, 6) is -0.413. The smallest absolute Gasteiger partial charge is 0.303 e. The molecule has 0 amide bonds. The Morgan fingerprint density at radius 1 is 0.810 bits per heavy atom. The van der Waals surface area contributed by atoms with E-state index < -0.39 is 11.9 Å². The Kier molecular flexibility index (Phi) is 9.31. The lowest BCUT2D eigenvalue weighted by molar-refractivity contribution is -0.138. The Bertz CT molecular complexity index is 289. The SMILES string of the molecule is CC(C)CC(CCCC(=O)O)(CCCC(=O)O)CC(C)C. The van der Waals surface area contributed by atoms with Crippen LogP contribution in [0, 0.1) is 17.3 Å². The first-order valence-electron chi connectivity index (χ1n) is 8.10. The van der Waals surface area contributed by atoms with Crippen LogP contribution in [0.3, 0.4) is 0 Å². The molecule has 0 aromatic carbocycles. The number of hydrogen-bond donors (Lipinski definition) is 2. The van der Waals surface area contributed by atoms with Gasteiger partial charge in [0.15, 0.2) is 0 Å². The standard InChI is InChI=1S/C17H32O4/c1-13(2)11-17(12-14(3)4,9-5-7-15(18)19)10-6-8-16(20)21/h13-14H,5-12H2,1-4H3,(H,18,19)(H,20,21). The zero-order valence-electron chi connectivity index (χ0n) is 14.0. The monoisotopic (exact) mass is 300 g/mol. The highest BCUT2D eigenvalue weighted by atomic mass is 16.4. The van der Waals surface area contributed by atoms with Gasteiger partial charge >= 0.3 is 11.9 Å². The second-order valence-corrected chi connectivity index (χ2v) is 7.19. The van der Waals surface area contributed by atoms with Crippen molar-refractivity contribution in [3.63, 3.8) is 0 Å². The van der Waals surface area contributed by atoms with Gasteiger partial charge in [-0.05, 0) is 55.8 Å². The molecule has 21 heavy (non-hydrogen) atoms. The summed E-state index contributed by atoms with van der Waals surface area (Å²) >= 11 is 0. The van der Waals surface area contributed by atoms with Crippen molar-refractivity contribution in [1.82, 2.24) is 0 Å². The van der Waals surface area contributed by atoms with Crippen molar-refractivity contribution in [3.8, 4) is 0 Å². The van der Waals surface area contributed by atoms with Gasteiger partial charge in [0.1, 0.15) is 0 Å². The molecule has 0 aliphatic heterocycles. The van der Waals surface area contributed by atoms with Crippen molar-refractivity contribution in [2.75, 3.05) is 0 Å². The molecule has 4 nitrogen and oxygen atoms in total. The molecular weight excluding hydrogens is 268 g/mol. The molecule has 0 heterocycles. The van der Waals surface area contributed by atoms with Gasteiger partial charge < -0.3 is 10.2 Å². The van der Waals surface area contributed by atoms with E-state index in [-0.39, 0.29) is 18.3 Å². The minimum absolute atomic E-state index is 0.0905. The van der Waals surface area contributed by atoms with Gasteiger partial charge in [0, 0.05) is 12.8 Å². The summed E-state index contributed by atoms with van der Waals surface area (Å²) in [5, 5.41) is 17.7. The van der Waals surface area contributed by atoms with Crippen LogP contribution in [0.25, 0.3) is 0 Å². The molecule has 0 unspecified atom stereocenters. The van der Waals surface area contributed by atoms with Crippen LogP contribution in [-0.2, 0) is 9.59 Å². The van der Waals surface area contributed by atoms with Crippen LogP contribution in [0.1, 0.15) is 79.1 Å². The van der Waals surface area contributed by atoms with Crippen molar-refractivity contribution in [2.24, 2.45) is 17.3 Å². The molecule has 0 aromatic rings. The van der Waals surface area contributed by atoms with E-state index in [9.17, 15) is 9.59 Å². The largest absolute Gasteiger partial charge is 0.481 e. The van der Waals surface area contributed by atoms with E-state index in [4.69, 9.17) is 10.2 Å². The zero-order valence-corrected chi connectivity index (χ0v) is 14.0. The first-order valence-corrected chi connectivity index (χ1v) is 8.10. The molecule has 0 rings (SSSR count). The van der Waals surface area contributed by atoms with Gasteiger partial charge in [0.05, 0.1) is 0 Å². The van der Waals surface area contributed by atoms with Gasteiger partial charge in [0.25, 0.3) is 0 Å². The summed E-state index contributed by atoms with van der Waals surface area (Å²) in [4.78, 5) is 21.5. The van der Waals surface area contributed by atoms with Crippen LogP contribution in [-0.4, -0.2) is 22.2 Å². The first kappa shape index (κ1) is 19.9. The summed E-state index contributed by atoms with van der Waals surface area (Å²) < 4.78 is 0. The van der Waals surface area contributed by atoms with E-state index >= 15 is 0 Å². The molecular formula is C17H32O4. The molecule has 0 aliphatic rings. The first-order chi connectivity index (χ1) is 9.67. The molecule has 2 N–H and O–H groups in total. The van der Waals surface area contributed by atoms with Crippen LogP contribution in [0.15, 0.2) is 0 Å². The van der Waals surface area contributed by atoms with E-state index in [0.717, 1.165) is 25.7 Å². The fourth-order valence-corrected chi connectivity index (χ4v) is 3.58. The molecule has 124 valence electrons. The molecule has 0 atom stereocenters. The van der Waals surface area contributed by atoms with Gasteiger partial charge in [-0.25, -0.2) is 0 Å². The van der Waals surface area contributed by atoms with Crippen molar-refractivity contribution in [1.29, 1.82) is 0 Å². The summed E-state index contributed by atoms with van der Waals surface area (Å²) in [5.41, 5.74) is 0.0905. The van der Waals surface area contributed by atoms with Crippen LogP contribution < -0.4 is 0 Å². The molecule has 0 spiro atoms. The molecule has 0 aliphatic carbocycles. The van der Waals surface area contributed by atoms with Crippen LogP contribution in [0.2, 0.25) is 0 Å². The van der Waals surface area contributed by atoms with E-state index in [2.05, 4.69) is 27.7 Å². The van der Waals surface area contributed by atoms with Gasteiger partial charge in [-0.1, -0.05) is 27.7 Å². The second-order valence-electron chi connectivity index (χ2n) is 7.19. The van der Waals surface area contributed by atoms with E-state index in [1.54, 1.807) is 0 Å². The fraction of sp³-hybridized carbons (Fsp3) is 0.882. The lowest BCUT2D eigenvalue weighted by atomic mass is 9.68. The van der Waals surface area contributed by atoms with E-state index in [1.165, 1.54) is 0 Å². The second kappa shape index (κ2) is 9.80. The van der Waals surface area contributed by atoms with Crippen molar-refractivity contribution in [2.45, 2.75) is 79.1 Å². The summed E-state index contributed by atoms with van der Waals surface area (Å²) in [7, 11) is 0. The molecule has 0 bridgehead atoms. The van der Waals surface area contributed by atoms with E-state index in [0.29, 0.717) is 24.7 Å². The summed E-state index contributed by atoms with van der Waals surface area (Å²) in [6, 6.07) is 0. The minimum Gasteiger partial charge on any atom is -0.481 e. The van der Waals surface area contributed by atoms with Gasteiger partial charge in [-0.2, -0.15) is 0 Å². The molecule has 0 fully saturated rings. The van der Waals surface area contributed by atoms with Crippen LogP contribution in [0.4, 0.5) is 0 Å². The van der Waals surface area contributed by atoms with E-state index in [1.807, 2.05) is 0 Å². The zero-order chi connectivity index (χ0) is 16.5. The predicted molar refractivity (Wildman–Crippen MR) is 84.3 cm³/mol. The lowest BCUT2D eigenvalue weighted by Crippen LogP contribution is -2.26. The number of aliphatic carboxylic acids is 2. The highest BCUT2D eigenvalue weighted by Crippen LogP contribution is 2.43. The Balaban J connectivity index is 4.82. The maximum absolute atomic E-state index is 10.8. The third-order valence-electron chi connectivity index (χ3n) is 3.88. The maximum atomic E-state index is 10.8. The maximum Gasteiger partial charge on any atom is 0.303 e. The minimum atomic E-state index is -0.747. The third kappa shape index (κ3) is 10.3. The average Bonchev–Trinajstić information content (AvgIpc) is 2.25. The highest BCUT2D eigenvalue weighted by molar-refractivity contribution is 5.66. The van der Waals surface area contributed by atoms with Crippen molar-refractivity contribution < 1.29 is 19.8 Å². The highest BCUT2D eigenvalue weighted by Gasteiger charge is 2.31. The van der Waals surface area contributed by atoms with Gasteiger partial charge in [0.2, 0.25) is 0 Å². The summed E-state index contributed by atoms with van der Waals surface area (Å²) in [6.07, 6.45) is 5.64. The quantitative estimate of drug-likeness (QED) is 0.553. The van der Waals surface area contributed by atoms with Gasteiger partial charge in [-0.3, -0.25) is 9.59 Å². The Morgan fingerprint density at radius 2 is 1.14 bits per heavy atom. The van der Waals surface area contributed by atoms with Crippen molar-refractivity contribution in [3.05, 3.63) is 0 Å². The average molecular weight is 300 g/mol. The number of hydrogen-bond acceptors (Lipinski definition) is 2. The fourth-order valence-electron chi connectivity index (χ4n) is 3.58. The Labute approximate surface area is 128 Å². The van der Waals surface area contributed by atoms with Crippen LogP contribution in [0.5, 0.6) is 0 Å². The Hall–Kier alpha value is -1.06. The third-order valence-corrected chi connectivity index (χ3v) is 3.88. The molecule has 0 saturated carbocycles. The van der Waals surface area contributed by atoms with Crippen LogP contribution >= 0.6 is 0 Å². The van der Waals surface area contributed by atoms with Gasteiger partial charge in [-0.15, -0.1) is 0 Å². The topological polar surface area (TPSA) is 74.6 Å². The number of carbonyl (C=O) groups is 2. The number of carboxylic acid groups (broad SMARTS) is 2. The molecule has 0 saturated heterocycles. The number of rotatable bonds is 12. The lowest BCUT2D eigenvalue weighted by Gasteiger charge is -2.37. The summed E-state index contributed by atoms with van der Waals surface area (Å²) in [6.45, 7) is 8.74. The molecule has 0 radical (unpaired) electrons. The predicted octanol–water partition coefficient (Wildman–Crippen LogP) is 4.57. The number of carboxylic acids is 2. The molecule has 0 aromatic heterocycles. The molecule has 4 heteroatoms. The normalized spacial score (nSPS) is 12.1. The Morgan fingerprint density at radius 3 is 1.38 bits per heavy atom.